The molecule has 1 heterocycles. The number of amides is 1. The summed E-state index contributed by atoms with van der Waals surface area (Å²) in [7, 11) is -3.80. The molecular weight excluding hydrogens is 388 g/mol. The van der Waals surface area contributed by atoms with Crippen LogP contribution >= 0.6 is 0 Å². The van der Waals surface area contributed by atoms with E-state index in [0.29, 0.717) is 23.4 Å². The number of nitrogens with one attached hydrogen (secondary N) is 3. The van der Waals surface area contributed by atoms with Crippen LogP contribution in [0.5, 0.6) is 0 Å². The summed E-state index contributed by atoms with van der Waals surface area (Å²) in [6, 6.07) is 10.4. The third kappa shape index (κ3) is 4.89. The maximum absolute atomic E-state index is 13.1. The van der Waals surface area contributed by atoms with Gasteiger partial charge in [-0.3, -0.25) is 9.52 Å². The predicted octanol–water partition coefficient (Wildman–Crippen LogP) is 2.26. The lowest BCUT2D eigenvalue weighted by Gasteiger charge is -2.31. The molecule has 1 saturated heterocycles. The number of benzene rings is 2. The van der Waals surface area contributed by atoms with Gasteiger partial charge in [0, 0.05) is 38.3 Å². The SMILES string of the molecule is CCNC(=O)c1ccc(N2CCNCC2)c(NS(=O)(=O)c2ccc(C)cc2C)c1. The number of sulfonamides is 1. The van der Waals surface area contributed by atoms with E-state index >= 15 is 0 Å². The van der Waals surface area contributed by atoms with Crippen molar-refractivity contribution in [1.29, 1.82) is 0 Å². The zero-order chi connectivity index (χ0) is 21.0. The largest absolute Gasteiger partial charge is 0.367 e. The number of nitrogens with zero attached hydrogens (tertiary/aromatic N) is 1. The minimum atomic E-state index is -3.80. The molecule has 0 radical (unpaired) electrons. The minimum absolute atomic E-state index is 0.230. The summed E-state index contributed by atoms with van der Waals surface area (Å²) in [6.45, 7) is 9.22. The van der Waals surface area contributed by atoms with Crippen LogP contribution in [0.1, 0.15) is 28.4 Å². The Balaban J connectivity index is 2.01. The van der Waals surface area contributed by atoms with Crippen LogP contribution in [-0.2, 0) is 10.0 Å². The molecule has 156 valence electrons. The first-order chi connectivity index (χ1) is 13.8. The van der Waals surface area contributed by atoms with Crippen molar-refractivity contribution < 1.29 is 13.2 Å². The van der Waals surface area contributed by atoms with Gasteiger partial charge >= 0.3 is 0 Å². The smallest absolute Gasteiger partial charge is 0.262 e. The van der Waals surface area contributed by atoms with Gasteiger partial charge in [-0.1, -0.05) is 17.7 Å². The Labute approximate surface area is 172 Å². The van der Waals surface area contributed by atoms with Crippen molar-refractivity contribution in [2.45, 2.75) is 25.7 Å². The van der Waals surface area contributed by atoms with Gasteiger partial charge < -0.3 is 15.5 Å². The number of hydrogen-bond donors (Lipinski definition) is 3. The van der Waals surface area contributed by atoms with E-state index in [2.05, 4.69) is 20.3 Å². The van der Waals surface area contributed by atoms with Crippen LogP contribution in [0.4, 0.5) is 11.4 Å². The van der Waals surface area contributed by atoms with E-state index in [4.69, 9.17) is 0 Å². The van der Waals surface area contributed by atoms with Gasteiger partial charge in [0.1, 0.15) is 0 Å². The standard InChI is InChI=1S/C21H28N4O3S/c1-4-23-21(26)17-6-7-19(25-11-9-22-10-12-25)18(14-17)24-29(27,28)20-8-5-15(2)13-16(20)3/h5-8,13-14,22,24H,4,9-12H2,1-3H3,(H,23,26). The Kier molecular flexibility index (Phi) is 6.44. The maximum Gasteiger partial charge on any atom is 0.262 e. The van der Waals surface area contributed by atoms with Gasteiger partial charge in [0.2, 0.25) is 0 Å². The van der Waals surface area contributed by atoms with Crippen LogP contribution in [0, 0.1) is 13.8 Å². The third-order valence-corrected chi connectivity index (χ3v) is 6.44. The molecule has 1 amide bonds. The summed E-state index contributed by atoms with van der Waals surface area (Å²) in [5.74, 6) is -0.230. The molecule has 3 rings (SSSR count). The van der Waals surface area contributed by atoms with Gasteiger partial charge in [-0.05, 0) is 50.6 Å². The fourth-order valence-corrected chi connectivity index (χ4v) is 4.80. The molecule has 2 aromatic carbocycles. The van der Waals surface area contributed by atoms with E-state index in [9.17, 15) is 13.2 Å². The lowest BCUT2D eigenvalue weighted by atomic mass is 10.1. The van der Waals surface area contributed by atoms with Crippen molar-refractivity contribution in [2.24, 2.45) is 0 Å². The Morgan fingerprint density at radius 3 is 2.48 bits per heavy atom. The average molecular weight is 417 g/mol. The van der Waals surface area contributed by atoms with Crippen LogP contribution in [-0.4, -0.2) is 47.0 Å². The van der Waals surface area contributed by atoms with Crippen molar-refractivity contribution >= 4 is 27.3 Å². The van der Waals surface area contributed by atoms with Crippen molar-refractivity contribution in [1.82, 2.24) is 10.6 Å². The Bertz CT molecular complexity index is 999. The zero-order valence-corrected chi connectivity index (χ0v) is 17.9. The lowest BCUT2D eigenvalue weighted by Crippen LogP contribution is -2.43. The van der Waals surface area contributed by atoms with Crippen molar-refractivity contribution in [2.75, 3.05) is 42.3 Å². The maximum atomic E-state index is 13.1. The second-order valence-corrected chi connectivity index (χ2v) is 8.85. The summed E-state index contributed by atoms with van der Waals surface area (Å²) >= 11 is 0. The first-order valence-electron chi connectivity index (χ1n) is 9.80. The second-order valence-electron chi connectivity index (χ2n) is 7.20. The minimum Gasteiger partial charge on any atom is -0.367 e. The number of rotatable bonds is 6. The zero-order valence-electron chi connectivity index (χ0n) is 17.1. The van der Waals surface area contributed by atoms with Gasteiger partial charge in [0.15, 0.2) is 0 Å². The molecule has 1 aliphatic heterocycles. The molecule has 0 spiro atoms. The van der Waals surface area contributed by atoms with E-state index in [-0.39, 0.29) is 10.8 Å². The summed E-state index contributed by atoms with van der Waals surface area (Å²) < 4.78 is 29.0. The number of aryl methyl sites for hydroxylation is 2. The number of piperazine rings is 1. The highest BCUT2D eigenvalue weighted by Crippen LogP contribution is 2.30. The first-order valence-corrected chi connectivity index (χ1v) is 11.3. The molecule has 3 N–H and O–H groups in total. The molecule has 2 aromatic rings. The number of carbonyl (C=O) groups excluding carboxylic acids is 1. The monoisotopic (exact) mass is 416 g/mol. The highest BCUT2D eigenvalue weighted by atomic mass is 32.2. The predicted molar refractivity (Wildman–Crippen MR) is 116 cm³/mol. The van der Waals surface area contributed by atoms with E-state index in [0.717, 1.165) is 37.4 Å². The Morgan fingerprint density at radius 2 is 1.83 bits per heavy atom. The van der Waals surface area contributed by atoms with Gasteiger partial charge in [0.05, 0.1) is 16.3 Å². The van der Waals surface area contributed by atoms with Crippen LogP contribution in [0.15, 0.2) is 41.3 Å². The number of hydrogen-bond acceptors (Lipinski definition) is 5. The van der Waals surface area contributed by atoms with Crippen LogP contribution in [0.2, 0.25) is 0 Å². The van der Waals surface area contributed by atoms with Crippen LogP contribution in [0.25, 0.3) is 0 Å². The molecule has 0 bridgehead atoms. The van der Waals surface area contributed by atoms with Gasteiger partial charge in [-0.15, -0.1) is 0 Å². The molecule has 7 nitrogen and oxygen atoms in total. The third-order valence-electron chi connectivity index (χ3n) is 4.92. The van der Waals surface area contributed by atoms with Crippen LogP contribution in [0.3, 0.4) is 0 Å². The van der Waals surface area contributed by atoms with Crippen molar-refractivity contribution in [3.63, 3.8) is 0 Å². The Hall–Kier alpha value is -2.58. The fraction of sp³-hybridized carbons (Fsp3) is 0.381. The van der Waals surface area contributed by atoms with E-state index in [1.807, 2.05) is 26.0 Å². The summed E-state index contributed by atoms with van der Waals surface area (Å²) in [6.07, 6.45) is 0. The molecule has 0 unspecified atom stereocenters. The topological polar surface area (TPSA) is 90.5 Å². The van der Waals surface area contributed by atoms with Crippen molar-refractivity contribution in [3.8, 4) is 0 Å². The fourth-order valence-electron chi connectivity index (χ4n) is 3.50. The van der Waals surface area contributed by atoms with Gasteiger partial charge in [-0.2, -0.15) is 0 Å². The molecule has 0 aliphatic carbocycles. The van der Waals surface area contributed by atoms with E-state index in [1.165, 1.54) is 0 Å². The molecule has 0 atom stereocenters. The van der Waals surface area contributed by atoms with Crippen LogP contribution < -0.4 is 20.3 Å². The quantitative estimate of drug-likeness (QED) is 0.672. The number of carbonyl (C=O) groups is 1. The highest BCUT2D eigenvalue weighted by Gasteiger charge is 2.22. The van der Waals surface area contributed by atoms with Gasteiger partial charge in [-0.25, -0.2) is 8.42 Å². The summed E-state index contributed by atoms with van der Waals surface area (Å²) in [5, 5.41) is 6.05. The average Bonchev–Trinajstić information content (AvgIpc) is 2.68. The molecule has 1 fully saturated rings. The first kappa shape index (κ1) is 21.1. The molecular formula is C21H28N4O3S. The number of anilines is 2. The highest BCUT2D eigenvalue weighted by molar-refractivity contribution is 7.92. The van der Waals surface area contributed by atoms with E-state index < -0.39 is 10.0 Å². The molecule has 29 heavy (non-hydrogen) atoms. The van der Waals surface area contributed by atoms with Gasteiger partial charge in [0.25, 0.3) is 15.9 Å². The summed E-state index contributed by atoms with van der Waals surface area (Å²) in [4.78, 5) is 14.7. The Morgan fingerprint density at radius 1 is 1.10 bits per heavy atom. The molecule has 0 aromatic heterocycles. The van der Waals surface area contributed by atoms with Crippen molar-refractivity contribution in [3.05, 3.63) is 53.1 Å². The normalized spacial score (nSPS) is 14.5. The molecule has 1 aliphatic rings. The van der Waals surface area contributed by atoms with E-state index in [1.54, 1.807) is 31.2 Å². The summed E-state index contributed by atoms with van der Waals surface area (Å²) in [5.41, 5.74) is 3.29. The molecule has 0 saturated carbocycles. The molecule has 8 heteroatoms. The lowest BCUT2D eigenvalue weighted by molar-refractivity contribution is 0.0956. The second kappa shape index (κ2) is 8.84.